The summed E-state index contributed by atoms with van der Waals surface area (Å²) in [7, 11) is -4.19. The summed E-state index contributed by atoms with van der Waals surface area (Å²) >= 11 is 12.4. The molecule has 0 aliphatic heterocycles. The van der Waals surface area contributed by atoms with Gasteiger partial charge in [0, 0.05) is 23.1 Å². The Bertz CT molecular complexity index is 1360. The number of hydrogen-bond acceptors (Lipinski definition) is 4. The maximum atomic E-state index is 13.9. The van der Waals surface area contributed by atoms with Gasteiger partial charge >= 0.3 is 0 Å². The van der Waals surface area contributed by atoms with Crippen molar-refractivity contribution in [2.75, 3.05) is 23.9 Å². The standard InChI is InChI=1S/C29H33Cl2N3O4S/c1-4-27(29(36)32-5-2)33(16-15-22-9-7-6-8-10-22)28(35)20-34(25-18-23(30)17-24(31)19-25)39(37,38)26-13-11-21(3)12-14-26/h6-14,17-19,27H,4-5,15-16,20H2,1-3H3,(H,32,36)/t27-/m0/s1. The van der Waals surface area contributed by atoms with Crippen LogP contribution in [0.15, 0.2) is 77.7 Å². The molecule has 0 spiro atoms. The van der Waals surface area contributed by atoms with Crippen molar-refractivity contribution < 1.29 is 18.0 Å². The summed E-state index contributed by atoms with van der Waals surface area (Å²) in [6, 6.07) is 19.6. The molecule has 0 fully saturated rings. The molecular weight excluding hydrogens is 557 g/mol. The molecular formula is C29H33Cl2N3O4S. The fourth-order valence-electron chi connectivity index (χ4n) is 4.24. The summed E-state index contributed by atoms with van der Waals surface area (Å²) in [6.45, 7) is 5.57. The predicted octanol–water partition coefficient (Wildman–Crippen LogP) is 5.48. The first-order chi connectivity index (χ1) is 18.6. The van der Waals surface area contributed by atoms with Crippen molar-refractivity contribution in [1.82, 2.24) is 10.2 Å². The smallest absolute Gasteiger partial charge is 0.264 e. The highest BCUT2D eigenvalue weighted by Crippen LogP contribution is 2.30. The van der Waals surface area contributed by atoms with E-state index < -0.39 is 28.5 Å². The van der Waals surface area contributed by atoms with E-state index in [9.17, 15) is 18.0 Å². The summed E-state index contributed by atoms with van der Waals surface area (Å²) in [5.74, 6) is -0.809. The summed E-state index contributed by atoms with van der Waals surface area (Å²) in [5.41, 5.74) is 2.03. The van der Waals surface area contributed by atoms with E-state index in [1.54, 1.807) is 19.1 Å². The number of nitrogens with one attached hydrogen (secondary N) is 1. The van der Waals surface area contributed by atoms with E-state index in [1.165, 1.54) is 35.2 Å². The Kier molecular flexibility index (Phi) is 10.8. The van der Waals surface area contributed by atoms with E-state index in [4.69, 9.17) is 23.2 Å². The Hall–Kier alpha value is -3.07. The van der Waals surface area contributed by atoms with Gasteiger partial charge in [0.05, 0.1) is 10.6 Å². The number of rotatable bonds is 12. The molecule has 3 rings (SSSR count). The Morgan fingerprint density at radius 1 is 0.923 bits per heavy atom. The number of halogens is 2. The molecule has 1 atom stereocenters. The van der Waals surface area contributed by atoms with Gasteiger partial charge in [0.15, 0.2) is 0 Å². The third-order valence-electron chi connectivity index (χ3n) is 6.24. The van der Waals surface area contributed by atoms with Crippen molar-refractivity contribution in [3.63, 3.8) is 0 Å². The van der Waals surface area contributed by atoms with Gasteiger partial charge in [0.1, 0.15) is 12.6 Å². The van der Waals surface area contributed by atoms with E-state index >= 15 is 0 Å². The zero-order chi connectivity index (χ0) is 28.6. The lowest BCUT2D eigenvalue weighted by Gasteiger charge is -2.33. The van der Waals surface area contributed by atoms with E-state index in [-0.39, 0.29) is 33.1 Å². The number of nitrogens with zero attached hydrogens (tertiary/aromatic N) is 2. The quantitative estimate of drug-likeness (QED) is 0.303. The van der Waals surface area contributed by atoms with Crippen LogP contribution in [0.4, 0.5) is 5.69 Å². The number of anilines is 1. The highest BCUT2D eigenvalue weighted by Gasteiger charge is 2.33. The second kappa shape index (κ2) is 13.8. The van der Waals surface area contributed by atoms with Crippen LogP contribution in [0, 0.1) is 6.92 Å². The van der Waals surface area contributed by atoms with Crippen LogP contribution in [0.2, 0.25) is 10.0 Å². The van der Waals surface area contributed by atoms with E-state index in [0.717, 1.165) is 15.4 Å². The minimum absolute atomic E-state index is 0.0172. The highest BCUT2D eigenvalue weighted by molar-refractivity contribution is 7.92. The highest BCUT2D eigenvalue weighted by atomic mass is 35.5. The summed E-state index contributed by atoms with van der Waals surface area (Å²) < 4.78 is 28.7. The SMILES string of the molecule is CCNC(=O)[C@H](CC)N(CCc1ccccc1)C(=O)CN(c1cc(Cl)cc(Cl)c1)S(=O)(=O)c1ccc(C)cc1. The number of likely N-dealkylation sites (N-methyl/N-ethyl adjacent to an activating group) is 1. The van der Waals surface area contributed by atoms with Gasteiger partial charge in [-0.05, 0) is 62.6 Å². The lowest BCUT2D eigenvalue weighted by atomic mass is 10.1. The van der Waals surface area contributed by atoms with Crippen molar-refractivity contribution in [2.24, 2.45) is 0 Å². The Morgan fingerprint density at radius 3 is 2.10 bits per heavy atom. The molecule has 0 radical (unpaired) electrons. The minimum Gasteiger partial charge on any atom is -0.355 e. The number of hydrogen-bond donors (Lipinski definition) is 1. The van der Waals surface area contributed by atoms with Crippen LogP contribution < -0.4 is 9.62 Å². The zero-order valence-electron chi connectivity index (χ0n) is 22.2. The number of amides is 2. The van der Waals surface area contributed by atoms with Gasteiger partial charge in [-0.1, -0.05) is 78.2 Å². The van der Waals surface area contributed by atoms with Crippen LogP contribution in [0.3, 0.4) is 0 Å². The molecule has 0 bridgehead atoms. The van der Waals surface area contributed by atoms with Crippen LogP contribution in [-0.2, 0) is 26.0 Å². The zero-order valence-corrected chi connectivity index (χ0v) is 24.6. The fraction of sp³-hybridized carbons (Fsp3) is 0.310. The lowest BCUT2D eigenvalue weighted by Crippen LogP contribution is -2.53. The van der Waals surface area contributed by atoms with Gasteiger partial charge in [-0.3, -0.25) is 13.9 Å². The molecule has 39 heavy (non-hydrogen) atoms. The van der Waals surface area contributed by atoms with Gasteiger partial charge in [-0.25, -0.2) is 8.42 Å². The Labute approximate surface area is 240 Å². The van der Waals surface area contributed by atoms with Crippen LogP contribution in [0.5, 0.6) is 0 Å². The molecule has 3 aromatic rings. The van der Waals surface area contributed by atoms with E-state index in [1.807, 2.05) is 44.2 Å². The molecule has 7 nitrogen and oxygen atoms in total. The van der Waals surface area contributed by atoms with Crippen LogP contribution >= 0.6 is 23.2 Å². The number of aryl methyl sites for hydroxylation is 1. The number of sulfonamides is 1. The van der Waals surface area contributed by atoms with Gasteiger partial charge in [-0.2, -0.15) is 0 Å². The average molecular weight is 591 g/mol. The minimum atomic E-state index is -4.19. The Balaban J connectivity index is 2.04. The first-order valence-corrected chi connectivity index (χ1v) is 14.9. The molecule has 0 aliphatic carbocycles. The van der Waals surface area contributed by atoms with Gasteiger partial charge in [0.2, 0.25) is 11.8 Å². The van der Waals surface area contributed by atoms with Crippen molar-refractivity contribution in [1.29, 1.82) is 0 Å². The summed E-state index contributed by atoms with van der Waals surface area (Å²) in [4.78, 5) is 28.4. The lowest BCUT2D eigenvalue weighted by molar-refractivity contribution is -0.139. The molecule has 10 heteroatoms. The third-order valence-corrected chi connectivity index (χ3v) is 8.47. The maximum Gasteiger partial charge on any atom is 0.264 e. The van der Waals surface area contributed by atoms with Crippen molar-refractivity contribution in [2.45, 2.75) is 44.6 Å². The molecule has 0 saturated carbocycles. The van der Waals surface area contributed by atoms with Crippen molar-refractivity contribution in [3.05, 3.63) is 94.0 Å². The van der Waals surface area contributed by atoms with Crippen molar-refractivity contribution in [3.8, 4) is 0 Å². The maximum absolute atomic E-state index is 13.9. The van der Waals surface area contributed by atoms with E-state index in [0.29, 0.717) is 19.4 Å². The van der Waals surface area contributed by atoms with Crippen molar-refractivity contribution >= 4 is 50.7 Å². The number of carbonyl (C=O) groups excluding carboxylic acids is 2. The van der Waals surface area contributed by atoms with Crippen LogP contribution in [0.1, 0.15) is 31.4 Å². The topological polar surface area (TPSA) is 86.8 Å². The second-order valence-electron chi connectivity index (χ2n) is 9.09. The molecule has 3 aromatic carbocycles. The average Bonchev–Trinajstić information content (AvgIpc) is 2.89. The van der Waals surface area contributed by atoms with Crippen LogP contribution in [-0.4, -0.2) is 50.8 Å². The predicted molar refractivity (Wildman–Crippen MR) is 157 cm³/mol. The van der Waals surface area contributed by atoms with Gasteiger partial charge < -0.3 is 10.2 Å². The molecule has 0 unspecified atom stereocenters. The number of benzene rings is 3. The largest absolute Gasteiger partial charge is 0.355 e. The second-order valence-corrected chi connectivity index (χ2v) is 11.8. The molecule has 2 amide bonds. The molecule has 0 saturated heterocycles. The van der Waals surface area contributed by atoms with E-state index in [2.05, 4.69) is 5.32 Å². The summed E-state index contributed by atoms with van der Waals surface area (Å²) in [6.07, 6.45) is 0.857. The molecule has 0 aromatic heterocycles. The van der Waals surface area contributed by atoms with Crippen LogP contribution in [0.25, 0.3) is 0 Å². The molecule has 0 heterocycles. The summed E-state index contributed by atoms with van der Waals surface area (Å²) in [5, 5.41) is 3.24. The molecule has 0 aliphatic rings. The number of carbonyl (C=O) groups is 2. The molecule has 1 N–H and O–H groups in total. The monoisotopic (exact) mass is 589 g/mol. The Morgan fingerprint density at radius 2 is 1.54 bits per heavy atom. The third kappa shape index (κ3) is 7.97. The fourth-order valence-corrected chi connectivity index (χ4v) is 6.15. The normalized spacial score (nSPS) is 12.0. The first kappa shape index (κ1) is 30.5. The molecule has 208 valence electrons. The van der Waals surface area contributed by atoms with Gasteiger partial charge in [-0.15, -0.1) is 0 Å². The first-order valence-electron chi connectivity index (χ1n) is 12.7. The van der Waals surface area contributed by atoms with Gasteiger partial charge in [0.25, 0.3) is 10.0 Å².